The van der Waals surface area contributed by atoms with Crippen molar-refractivity contribution in [2.24, 2.45) is 0 Å². The first-order valence-corrected chi connectivity index (χ1v) is 8.78. The van der Waals surface area contributed by atoms with E-state index in [9.17, 15) is 0 Å². The van der Waals surface area contributed by atoms with E-state index in [0.717, 1.165) is 14.2 Å². The zero-order chi connectivity index (χ0) is 13.5. The first kappa shape index (κ1) is 14.9. The third-order valence-corrected chi connectivity index (χ3v) is 6.96. The summed E-state index contributed by atoms with van der Waals surface area (Å²) in [7, 11) is 0. The predicted octanol–water partition coefficient (Wildman–Crippen LogP) is 6.90. The SMILES string of the molecule is CC(C)(C)c1ccc(C(Br)c2cc(Cl)sc2Cl)s1. The molecule has 0 saturated carbocycles. The third kappa shape index (κ3) is 3.13. The average Bonchev–Trinajstić information content (AvgIpc) is 2.83. The number of hydrogen-bond acceptors (Lipinski definition) is 2. The van der Waals surface area contributed by atoms with Crippen molar-refractivity contribution in [1.82, 2.24) is 0 Å². The van der Waals surface area contributed by atoms with Gasteiger partial charge in [-0.25, -0.2) is 0 Å². The van der Waals surface area contributed by atoms with Crippen molar-refractivity contribution in [2.75, 3.05) is 0 Å². The van der Waals surface area contributed by atoms with E-state index in [1.165, 1.54) is 21.1 Å². The van der Waals surface area contributed by atoms with Crippen molar-refractivity contribution in [3.05, 3.63) is 42.2 Å². The summed E-state index contributed by atoms with van der Waals surface area (Å²) in [6.45, 7) is 6.67. The van der Waals surface area contributed by atoms with Crippen LogP contribution >= 0.6 is 61.8 Å². The molecule has 5 heteroatoms. The molecular formula is C13H13BrCl2S2. The van der Waals surface area contributed by atoms with Crippen LogP contribution in [0.25, 0.3) is 0 Å². The van der Waals surface area contributed by atoms with Gasteiger partial charge in [0.05, 0.1) is 13.5 Å². The summed E-state index contributed by atoms with van der Waals surface area (Å²) in [4.78, 5) is 2.76. The lowest BCUT2D eigenvalue weighted by atomic mass is 9.95. The Bertz CT molecular complexity index is 552. The standard InChI is InChI=1S/C13H13BrCl2S2/c1-13(2,3)9-5-4-8(17-9)11(14)7-6-10(15)18-12(7)16/h4-6,11H,1-3H3. The molecule has 98 valence electrons. The van der Waals surface area contributed by atoms with Gasteiger partial charge < -0.3 is 0 Å². The van der Waals surface area contributed by atoms with Gasteiger partial charge in [-0.3, -0.25) is 0 Å². The number of halogens is 3. The molecule has 1 unspecified atom stereocenters. The Kier molecular flexibility index (Phi) is 4.50. The van der Waals surface area contributed by atoms with Crippen LogP contribution in [-0.2, 0) is 5.41 Å². The molecule has 2 aromatic rings. The van der Waals surface area contributed by atoms with Crippen LogP contribution in [0.4, 0.5) is 0 Å². The van der Waals surface area contributed by atoms with Crippen molar-refractivity contribution < 1.29 is 0 Å². The van der Waals surface area contributed by atoms with E-state index in [1.54, 1.807) is 0 Å². The predicted molar refractivity (Wildman–Crippen MR) is 88.1 cm³/mol. The zero-order valence-electron chi connectivity index (χ0n) is 10.3. The van der Waals surface area contributed by atoms with Gasteiger partial charge in [-0.1, -0.05) is 59.9 Å². The Morgan fingerprint density at radius 1 is 1.17 bits per heavy atom. The molecule has 2 rings (SSSR count). The van der Waals surface area contributed by atoms with E-state index < -0.39 is 0 Å². The molecule has 0 aromatic carbocycles. The first-order valence-electron chi connectivity index (χ1n) is 5.48. The summed E-state index contributed by atoms with van der Waals surface area (Å²) in [5, 5.41) is 0. The van der Waals surface area contributed by atoms with Crippen molar-refractivity contribution in [1.29, 1.82) is 0 Å². The van der Waals surface area contributed by atoms with Crippen molar-refractivity contribution in [2.45, 2.75) is 31.0 Å². The van der Waals surface area contributed by atoms with Crippen LogP contribution in [0.5, 0.6) is 0 Å². The van der Waals surface area contributed by atoms with Crippen LogP contribution < -0.4 is 0 Å². The normalized spacial score (nSPS) is 13.9. The Morgan fingerprint density at radius 2 is 1.83 bits per heavy atom. The molecule has 0 aliphatic carbocycles. The smallest absolute Gasteiger partial charge is 0.0991 e. The quantitative estimate of drug-likeness (QED) is 0.494. The summed E-state index contributed by atoms with van der Waals surface area (Å²) in [5.41, 5.74) is 1.24. The molecule has 2 heterocycles. The van der Waals surface area contributed by atoms with Gasteiger partial charge in [0, 0.05) is 15.3 Å². The number of hydrogen-bond donors (Lipinski definition) is 0. The number of rotatable bonds is 2. The van der Waals surface area contributed by atoms with E-state index in [1.807, 2.05) is 17.4 Å². The van der Waals surface area contributed by atoms with Crippen LogP contribution in [0.3, 0.4) is 0 Å². The van der Waals surface area contributed by atoms with Crippen LogP contribution in [0.2, 0.25) is 8.67 Å². The minimum absolute atomic E-state index is 0.120. The molecule has 0 amide bonds. The van der Waals surface area contributed by atoms with Gasteiger partial charge in [-0.2, -0.15) is 0 Å². The number of thiophene rings is 2. The second-order valence-corrected chi connectivity index (χ2v) is 9.41. The van der Waals surface area contributed by atoms with Crippen LogP contribution in [-0.4, -0.2) is 0 Å². The molecule has 0 bridgehead atoms. The minimum Gasteiger partial charge on any atom is -0.143 e. The lowest BCUT2D eigenvalue weighted by Gasteiger charge is -2.15. The van der Waals surface area contributed by atoms with E-state index in [2.05, 4.69) is 48.8 Å². The van der Waals surface area contributed by atoms with Crippen molar-refractivity contribution in [3.8, 4) is 0 Å². The Balaban J connectivity index is 2.32. The molecule has 1 atom stereocenters. The second kappa shape index (κ2) is 5.45. The molecule has 0 aliphatic heterocycles. The van der Waals surface area contributed by atoms with Gasteiger partial charge in [0.2, 0.25) is 0 Å². The summed E-state index contributed by atoms with van der Waals surface area (Å²) in [5.74, 6) is 0. The van der Waals surface area contributed by atoms with E-state index in [0.29, 0.717) is 0 Å². The average molecular weight is 384 g/mol. The second-order valence-electron chi connectivity index (χ2n) is 5.09. The van der Waals surface area contributed by atoms with Gasteiger partial charge in [-0.15, -0.1) is 22.7 Å². The Labute approximate surface area is 134 Å². The fourth-order valence-corrected chi connectivity index (χ4v) is 5.24. The third-order valence-electron chi connectivity index (χ3n) is 2.57. The maximum absolute atomic E-state index is 6.20. The van der Waals surface area contributed by atoms with E-state index in [4.69, 9.17) is 23.2 Å². The summed E-state index contributed by atoms with van der Waals surface area (Å²) in [6, 6.07) is 6.28. The van der Waals surface area contributed by atoms with Crippen LogP contribution in [0, 0.1) is 0 Å². The Morgan fingerprint density at radius 3 is 2.28 bits per heavy atom. The molecule has 2 aromatic heterocycles. The van der Waals surface area contributed by atoms with Crippen LogP contribution in [0.15, 0.2) is 18.2 Å². The fraction of sp³-hybridized carbons (Fsp3) is 0.385. The molecule has 0 spiro atoms. The highest BCUT2D eigenvalue weighted by atomic mass is 79.9. The monoisotopic (exact) mass is 382 g/mol. The van der Waals surface area contributed by atoms with E-state index >= 15 is 0 Å². The molecule has 0 fully saturated rings. The largest absolute Gasteiger partial charge is 0.143 e. The van der Waals surface area contributed by atoms with E-state index in [-0.39, 0.29) is 10.2 Å². The summed E-state index contributed by atoms with van der Waals surface area (Å²) >= 11 is 19.1. The zero-order valence-corrected chi connectivity index (χ0v) is 15.0. The van der Waals surface area contributed by atoms with Gasteiger partial charge >= 0.3 is 0 Å². The Hall–Kier alpha value is 0.460. The lowest BCUT2D eigenvalue weighted by molar-refractivity contribution is 0.604. The van der Waals surface area contributed by atoms with Crippen LogP contribution in [0.1, 0.15) is 40.9 Å². The molecule has 0 N–H and O–H groups in total. The molecule has 0 radical (unpaired) electrons. The lowest BCUT2D eigenvalue weighted by Crippen LogP contribution is -2.07. The van der Waals surface area contributed by atoms with Gasteiger partial charge in [-0.05, 0) is 23.6 Å². The van der Waals surface area contributed by atoms with Crippen molar-refractivity contribution in [3.63, 3.8) is 0 Å². The summed E-state index contributed by atoms with van der Waals surface area (Å²) in [6.07, 6.45) is 0. The fourth-order valence-electron chi connectivity index (χ4n) is 1.57. The van der Waals surface area contributed by atoms with Crippen molar-refractivity contribution >= 4 is 61.8 Å². The van der Waals surface area contributed by atoms with Gasteiger partial charge in [0.1, 0.15) is 0 Å². The maximum atomic E-state index is 6.20. The molecule has 0 saturated heterocycles. The molecule has 18 heavy (non-hydrogen) atoms. The number of alkyl halides is 1. The van der Waals surface area contributed by atoms with Gasteiger partial charge in [0.15, 0.2) is 0 Å². The molecular weight excluding hydrogens is 371 g/mol. The first-order chi connectivity index (χ1) is 8.29. The molecule has 0 nitrogen and oxygen atoms in total. The maximum Gasteiger partial charge on any atom is 0.0991 e. The molecule has 0 aliphatic rings. The highest BCUT2D eigenvalue weighted by Crippen LogP contribution is 2.44. The highest BCUT2D eigenvalue weighted by Gasteiger charge is 2.22. The summed E-state index contributed by atoms with van der Waals surface area (Å²) < 4.78 is 1.49. The highest BCUT2D eigenvalue weighted by molar-refractivity contribution is 9.09. The van der Waals surface area contributed by atoms with Gasteiger partial charge in [0.25, 0.3) is 0 Å². The minimum atomic E-state index is 0.120. The topological polar surface area (TPSA) is 0 Å².